The molecule has 1 atom stereocenters. The number of carbonyl (C=O) groups excluding carboxylic acids is 3. The Balaban J connectivity index is 0.00000361. The van der Waals surface area contributed by atoms with E-state index in [1.54, 1.807) is 24.3 Å². The summed E-state index contributed by atoms with van der Waals surface area (Å²) < 4.78 is 0. The topological polar surface area (TPSA) is 112 Å². The van der Waals surface area contributed by atoms with E-state index in [2.05, 4.69) is 5.32 Å². The quantitative estimate of drug-likeness (QED) is 0.494. The van der Waals surface area contributed by atoms with Gasteiger partial charge in [0, 0.05) is 5.97 Å². The van der Waals surface area contributed by atoms with E-state index in [0.29, 0.717) is 0 Å². The van der Waals surface area contributed by atoms with Crippen LogP contribution in [0.4, 0.5) is 0 Å². The van der Waals surface area contributed by atoms with Crippen LogP contribution in [-0.4, -0.2) is 23.8 Å². The summed E-state index contributed by atoms with van der Waals surface area (Å²) in [6, 6.07) is 7.98. The van der Waals surface area contributed by atoms with E-state index in [1.165, 1.54) is 0 Å². The average Bonchev–Trinajstić information content (AvgIpc) is 2.35. The monoisotopic (exact) mass is 286 g/mol. The van der Waals surface area contributed by atoms with E-state index in [1.807, 2.05) is 6.07 Å². The molecule has 6 nitrogen and oxygen atoms in total. The Hall–Kier alpha value is -1.37. The smallest absolute Gasteiger partial charge is 0.550 e. The van der Waals surface area contributed by atoms with E-state index >= 15 is 0 Å². The summed E-state index contributed by atoms with van der Waals surface area (Å²) in [6.45, 7) is 0. The number of nitrogens with one attached hydrogen (secondary N) is 1. The maximum atomic E-state index is 11.7. The minimum Gasteiger partial charge on any atom is -0.550 e. The number of aliphatic carboxylic acids is 1. The number of carboxylic acid groups (broad SMARTS) is 1. The van der Waals surface area contributed by atoms with Crippen molar-refractivity contribution in [2.45, 2.75) is 25.3 Å². The number of carboxylic acids is 1. The first-order valence-electron chi connectivity index (χ1n) is 5.81. The normalized spacial score (nSPS) is 11.0. The number of hydrogen-bond donors (Lipinski definition) is 2. The van der Waals surface area contributed by atoms with Crippen LogP contribution in [0.25, 0.3) is 0 Å². The first kappa shape index (κ1) is 18.6. The first-order valence-corrected chi connectivity index (χ1v) is 5.81. The molecular weight excluding hydrogens is 271 g/mol. The molecule has 0 bridgehead atoms. The number of benzene rings is 1. The summed E-state index contributed by atoms with van der Waals surface area (Å²) in [5.74, 6) is -2.43. The van der Waals surface area contributed by atoms with Gasteiger partial charge in [-0.25, -0.2) is 0 Å². The number of hydrogen-bond acceptors (Lipinski definition) is 4. The zero-order valence-corrected chi connectivity index (χ0v) is 13.3. The van der Waals surface area contributed by atoms with Gasteiger partial charge in [0.2, 0.25) is 11.8 Å². The zero-order valence-electron chi connectivity index (χ0n) is 11.3. The Morgan fingerprint density at radius 2 is 1.80 bits per heavy atom. The zero-order chi connectivity index (χ0) is 14.3. The summed E-state index contributed by atoms with van der Waals surface area (Å²) in [7, 11) is 0. The van der Waals surface area contributed by atoms with Gasteiger partial charge in [0.15, 0.2) is 0 Å². The van der Waals surface area contributed by atoms with E-state index in [9.17, 15) is 19.5 Å². The molecule has 0 saturated heterocycles. The predicted octanol–water partition coefficient (Wildman–Crippen LogP) is -4.27. The molecule has 1 aromatic rings. The van der Waals surface area contributed by atoms with Crippen LogP contribution in [0.3, 0.4) is 0 Å². The van der Waals surface area contributed by atoms with Crippen LogP contribution in [0.5, 0.6) is 0 Å². The van der Waals surface area contributed by atoms with Gasteiger partial charge in [-0.2, -0.15) is 0 Å². The summed E-state index contributed by atoms with van der Waals surface area (Å²) in [4.78, 5) is 33.1. The molecule has 0 aliphatic heterocycles. The van der Waals surface area contributed by atoms with Crippen molar-refractivity contribution in [3.05, 3.63) is 35.9 Å². The number of primary amides is 1. The molecule has 0 heterocycles. The molecule has 0 saturated carbocycles. The fourth-order valence-corrected chi connectivity index (χ4v) is 1.57. The van der Waals surface area contributed by atoms with Gasteiger partial charge in [0.25, 0.3) is 0 Å². The summed E-state index contributed by atoms with van der Waals surface area (Å²) >= 11 is 0. The molecule has 0 unspecified atom stereocenters. The summed E-state index contributed by atoms with van der Waals surface area (Å²) in [5.41, 5.74) is 5.89. The molecule has 102 valence electrons. The molecule has 0 aliphatic carbocycles. The molecule has 0 aliphatic rings. The average molecular weight is 286 g/mol. The maximum Gasteiger partial charge on any atom is 1.00 e. The second-order valence-electron chi connectivity index (χ2n) is 4.10. The van der Waals surface area contributed by atoms with Crippen molar-refractivity contribution in [1.82, 2.24) is 5.32 Å². The summed E-state index contributed by atoms with van der Waals surface area (Å²) in [6.07, 6.45) is -0.298. The fraction of sp³-hybridized carbons (Fsp3) is 0.308. The molecule has 0 aromatic heterocycles. The second kappa shape index (κ2) is 9.52. The third-order valence-corrected chi connectivity index (χ3v) is 2.52. The van der Waals surface area contributed by atoms with E-state index in [-0.39, 0.29) is 54.7 Å². The van der Waals surface area contributed by atoms with Crippen molar-refractivity contribution < 1.29 is 49.0 Å². The van der Waals surface area contributed by atoms with Crippen molar-refractivity contribution in [2.24, 2.45) is 5.73 Å². The molecular formula is C13H15N2NaO4. The van der Waals surface area contributed by atoms with E-state index in [0.717, 1.165) is 5.56 Å². The Bertz CT molecular complexity index is 465. The second-order valence-corrected chi connectivity index (χ2v) is 4.10. The van der Waals surface area contributed by atoms with Crippen LogP contribution in [0.1, 0.15) is 18.4 Å². The molecule has 3 N–H and O–H groups in total. The Morgan fingerprint density at radius 1 is 1.20 bits per heavy atom. The van der Waals surface area contributed by atoms with Crippen molar-refractivity contribution in [3.63, 3.8) is 0 Å². The SMILES string of the molecule is NC(=O)[C@H](CCC(=O)[O-])NC(=O)Cc1ccccc1.[Na+]. The van der Waals surface area contributed by atoms with Gasteiger partial charge >= 0.3 is 29.6 Å². The summed E-state index contributed by atoms with van der Waals surface area (Å²) in [5, 5.41) is 12.7. The maximum absolute atomic E-state index is 11.7. The first-order chi connectivity index (χ1) is 8.99. The Morgan fingerprint density at radius 3 is 2.30 bits per heavy atom. The van der Waals surface area contributed by atoms with Gasteiger partial charge in [-0.15, -0.1) is 0 Å². The third-order valence-electron chi connectivity index (χ3n) is 2.52. The molecule has 0 radical (unpaired) electrons. The van der Waals surface area contributed by atoms with Crippen molar-refractivity contribution in [3.8, 4) is 0 Å². The van der Waals surface area contributed by atoms with Crippen LogP contribution in [0.2, 0.25) is 0 Å². The number of nitrogens with two attached hydrogens (primary N) is 1. The van der Waals surface area contributed by atoms with Crippen LogP contribution in [0, 0.1) is 0 Å². The fourth-order valence-electron chi connectivity index (χ4n) is 1.57. The third kappa shape index (κ3) is 7.28. The van der Waals surface area contributed by atoms with Crippen molar-refractivity contribution in [1.29, 1.82) is 0 Å². The molecule has 2 amide bonds. The largest absolute Gasteiger partial charge is 1.00 e. The van der Waals surface area contributed by atoms with Crippen molar-refractivity contribution >= 4 is 17.8 Å². The van der Waals surface area contributed by atoms with Gasteiger partial charge < -0.3 is 21.0 Å². The van der Waals surface area contributed by atoms with Crippen LogP contribution < -0.4 is 45.7 Å². The number of rotatable bonds is 7. The van der Waals surface area contributed by atoms with E-state index < -0.39 is 17.9 Å². The van der Waals surface area contributed by atoms with Gasteiger partial charge in [-0.3, -0.25) is 9.59 Å². The molecule has 1 rings (SSSR count). The van der Waals surface area contributed by atoms with Gasteiger partial charge in [0.05, 0.1) is 6.42 Å². The molecule has 1 aromatic carbocycles. The molecule has 7 heteroatoms. The molecule has 0 spiro atoms. The van der Waals surface area contributed by atoms with Crippen LogP contribution in [0.15, 0.2) is 30.3 Å². The van der Waals surface area contributed by atoms with Gasteiger partial charge in [-0.05, 0) is 18.4 Å². The van der Waals surface area contributed by atoms with Crippen LogP contribution >= 0.6 is 0 Å². The minimum absolute atomic E-state index is 0. The van der Waals surface area contributed by atoms with Crippen LogP contribution in [-0.2, 0) is 20.8 Å². The Labute approximate surface area is 139 Å². The Kier molecular flexibility index (Phi) is 8.87. The molecule has 0 fully saturated rings. The standard InChI is InChI=1S/C13H16N2O4.Na/c14-13(19)10(6-7-12(17)18)15-11(16)8-9-4-2-1-3-5-9;/h1-5,10H,6-8H2,(H2,14,19)(H,15,16)(H,17,18);/q;+1/p-1/t10-;/m0./s1. The predicted molar refractivity (Wildman–Crippen MR) is 65.5 cm³/mol. The number of amides is 2. The molecule has 20 heavy (non-hydrogen) atoms. The van der Waals surface area contributed by atoms with E-state index in [4.69, 9.17) is 5.73 Å². The van der Waals surface area contributed by atoms with Crippen molar-refractivity contribution in [2.75, 3.05) is 0 Å². The number of carbonyl (C=O) groups is 3. The van der Waals surface area contributed by atoms with Gasteiger partial charge in [0.1, 0.15) is 6.04 Å². The van der Waals surface area contributed by atoms with Gasteiger partial charge in [-0.1, -0.05) is 30.3 Å². The minimum atomic E-state index is -1.29.